The number of fused-ring (bicyclic) bond motifs is 1. The minimum absolute atomic E-state index is 0.573. The van der Waals surface area contributed by atoms with Crippen LogP contribution in [-0.2, 0) is 0 Å². The summed E-state index contributed by atoms with van der Waals surface area (Å²) in [5.41, 5.74) is 4.41. The first-order chi connectivity index (χ1) is 15.1. The molecule has 158 valence electrons. The average molecular weight is 434 g/mol. The number of aliphatic hydroxyl groups excluding tert-OH is 1. The SMILES string of the molecule is Cc1ccc(Nc2ccc3c(c2)ncn3-c2ccc(C(C)O)c(N3CCCS3)n2)nn1. The number of imidazole rings is 1. The molecule has 0 amide bonds. The maximum absolute atomic E-state index is 10.2. The van der Waals surface area contributed by atoms with Gasteiger partial charge in [0.25, 0.3) is 0 Å². The second kappa shape index (κ2) is 8.16. The van der Waals surface area contributed by atoms with Crippen molar-refractivity contribution >= 4 is 40.3 Å². The predicted molar refractivity (Wildman–Crippen MR) is 124 cm³/mol. The van der Waals surface area contributed by atoms with Crippen LogP contribution in [0, 0.1) is 6.92 Å². The number of nitrogens with zero attached hydrogens (tertiary/aromatic N) is 6. The van der Waals surface area contributed by atoms with Crippen molar-refractivity contribution in [2.75, 3.05) is 21.9 Å². The normalized spacial score (nSPS) is 14.9. The van der Waals surface area contributed by atoms with Gasteiger partial charge in [-0.1, -0.05) is 0 Å². The van der Waals surface area contributed by atoms with E-state index >= 15 is 0 Å². The zero-order chi connectivity index (χ0) is 21.4. The van der Waals surface area contributed by atoms with Crippen LogP contribution in [-0.4, -0.2) is 42.1 Å². The fraction of sp³-hybridized carbons (Fsp3) is 0.273. The van der Waals surface area contributed by atoms with Gasteiger partial charge < -0.3 is 14.7 Å². The fourth-order valence-corrected chi connectivity index (χ4v) is 4.62. The Kier molecular flexibility index (Phi) is 5.21. The van der Waals surface area contributed by atoms with E-state index in [1.165, 1.54) is 0 Å². The Morgan fingerprint density at radius 3 is 2.77 bits per heavy atom. The molecule has 0 bridgehead atoms. The molecule has 4 heterocycles. The minimum atomic E-state index is -0.573. The first kappa shape index (κ1) is 19.8. The van der Waals surface area contributed by atoms with E-state index in [0.717, 1.165) is 58.3 Å². The molecule has 1 atom stereocenters. The fourth-order valence-electron chi connectivity index (χ4n) is 3.61. The van der Waals surface area contributed by atoms with Crippen LogP contribution >= 0.6 is 11.9 Å². The number of aryl methyl sites for hydroxylation is 1. The highest BCUT2D eigenvalue weighted by Gasteiger charge is 2.21. The van der Waals surface area contributed by atoms with E-state index in [-0.39, 0.29) is 0 Å². The summed E-state index contributed by atoms with van der Waals surface area (Å²) in [4.78, 5) is 9.48. The molecule has 2 N–H and O–H groups in total. The molecule has 1 aliphatic rings. The standard InChI is InChI=1S/C22H23N7OS/c1-14-4-8-20(27-26-14)24-16-5-7-19-18(12-16)23-13-28(19)21-9-6-17(15(2)30)22(25-21)29-10-3-11-31-29/h4-9,12-13,15,30H,3,10-11H2,1-2H3,(H,24,27). The lowest BCUT2D eigenvalue weighted by Crippen LogP contribution is -2.15. The van der Waals surface area contributed by atoms with Crippen molar-refractivity contribution in [1.29, 1.82) is 0 Å². The third-order valence-corrected chi connectivity index (χ3v) is 6.33. The number of aliphatic hydroxyl groups is 1. The summed E-state index contributed by atoms with van der Waals surface area (Å²) in [5, 5.41) is 21.7. The summed E-state index contributed by atoms with van der Waals surface area (Å²) in [7, 11) is 0. The van der Waals surface area contributed by atoms with Crippen LogP contribution in [0.2, 0.25) is 0 Å². The van der Waals surface area contributed by atoms with Crippen molar-refractivity contribution in [3.05, 3.63) is 60.0 Å². The Balaban J connectivity index is 1.49. The largest absolute Gasteiger partial charge is 0.389 e. The number of nitrogens with one attached hydrogen (secondary N) is 1. The van der Waals surface area contributed by atoms with E-state index in [1.54, 1.807) is 25.2 Å². The van der Waals surface area contributed by atoms with Crippen molar-refractivity contribution in [2.45, 2.75) is 26.4 Å². The number of hydrogen-bond donors (Lipinski definition) is 2. The van der Waals surface area contributed by atoms with Gasteiger partial charge in [0.1, 0.15) is 18.0 Å². The monoisotopic (exact) mass is 433 g/mol. The maximum atomic E-state index is 10.2. The van der Waals surface area contributed by atoms with Gasteiger partial charge in [-0.25, -0.2) is 9.97 Å². The molecule has 0 spiro atoms. The van der Waals surface area contributed by atoms with Crippen molar-refractivity contribution in [3.63, 3.8) is 0 Å². The molecule has 0 aliphatic carbocycles. The van der Waals surface area contributed by atoms with Crippen LogP contribution in [0.1, 0.15) is 30.7 Å². The average Bonchev–Trinajstić information content (AvgIpc) is 3.45. The number of anilines is 3. The van der Waals surface area contributed by atoms with Crippen molar-refractivity contribution < 1.29 is 5.11 Å². The van der Waals surface area contributed by atoms with Crippen LogP contribution in [0.25, 0.3) is 16.9 Å². The smallest absolute Gasteiger partial charge is 0.153 e. The molecular weight excluding hydrogens is 410 g/mol. The molecule has 1 fully saturated rings. The highest BCUT2D eigenvalue weighted by molar-refractivity contribution is 8.00. The predicted octanol–water partition coefficient (Wildman–Crippen LogP) is 4.17. The van der Waals surface area contributed by atoms with E-state index in [9.17, 15) is 5.11 Å². The highest BCUT2D eigenvalue weighted by Crippen LogP contribution is 2.34. The molecule has 0 saturated carbocycles. The van der Waals surface area contributed by atoms with Crippen molar-refractivity contribution in [1.82, 2.24) is 24.7 Å². The molecule has 1 saturated heterocycles. The van der Waals surface area contributed by atoms with Gasteiger partial charge in [0, 0.05) is 23.5 Å². The molecular formula is C22H23N7OS. The van der Waals surface area contributed by atoms with E-state index in [0.29, 0.717) is 5.82 Å². The Hall–Kier alpha value is -3.17. The summed E-state index contributed by atoms with van der Waals surface area (Å²) in [6, 6.07) is 13.7. The molecule has 1 unspecified atom stereocenters. The lowest BCUT2D eigenvalue weighted by molar-refractivity contribution is 0.199. The van der Waals surface area contributed by atoms with Crippen LogP contribution in [0.3, 0.4) is 0 Å². The Morgan fingerprint density at radius 1 is 1.13 bits per heavy atom. The number of benzene rings is 1. The van der Waals surface area contributed by atoms with E-state index in [2.05, 4.69) is 24.8 Å². The number of hydrogen-bond acceptors (Lipinski definition) is 8. The zero-order valence-electron chi connectivity index (χ0n) is 17.4. The Labute approximate surface area is 184 Å². The highest BCUT2D eigenvalue weighted by atomic mass is 32.2. The van der Waals surface area contributed by atoms with Gasteiger partial charge in [0.2, 0.25) is 0 Å². The van der Waals surface area contributed by atoms with Crippen LogP contribution < -0.4 is 9.62 Å². The van der Waals surface area contributed by atoms with Crippen LogP contribution in [0.5, 0.6) is 0 Å². The zero-order valence-corrected chi connectivity index (χ0v) is 18.2. The third-order valence-electron chi connectivity index (χ3n) is 5.19. The Morgan fingerprint density at radius 2 is 2.03 bits per heavy atom. The number of rotatable bonds is 5. The summed E-state index contributed by atoms with van der Waals surface area (Å²) < 4.78 is 4.15. The molecule has 1 aliphatic heterocycles. The second-order valence-electron chi connectivity index (χ2n) is 7.55. The minimum Gasteiger partial charge on any atom is -0.389 e. The molecule has 1 aromatic carbocycles. The molecule has 31 heavy (non-hydrogen) atoms. The van der Waals surface area contributed by atoms with E-state index in [4.69, 9.17) is 4.98 Å². The number of aromatic nitrogens is 5. The first-order valence-electron chi connectivity index (χ1n) is 10.2. The van der Waals surface area contributed by atoms with Crippen molar-refractivity contribution in [2.24, 2.45) is 0 Å². The quantitative estimate of drug-likeness (QED) is 0.453. The molecule has 8 nitrogen and oxygen atoms in total. The van der Waals surface area contributed by atoms with E-state index < -0.39 is 6.10 Å². The van der Waals surface area contributed by atoms with Gasteiger partial charge in [-0.05, 0) is 74.7 Å². The summed E-state index contributed by atoms with van der Waals surface area (Å²) in [5.74, 6) is 3.36. The Bertz CT molecular complexity index is 1220. The summed E-state index contributed by atoms with van der Waals surface area (Å²) in [6.07, 6.45) is 2.33. The topological polar surface area (TPSA) is 92.0 Å². The molecule has 0 radical (unpaired) electrons. The molecule has 9 heteroatoms. The lowest BCUT2D eigenvalue weighted by Gasteiger charge is -2.21. The maximum Gasteiger partial charge on any atom is 0.153 e. The van der Waals surface area contributed by atoms with Crippen molar-refractivity contribution in [3.8, 4) is 5.82 Å². The third kappa shape index (κ3) is 3.94. The number of pyridine rings is 1. The molecule has 5 rings (SSSR count). The van der Waals surface area contributed by atoms with Gasteiger partial charge in [-0.3, -0.25) is 4.57 Å². The van der Waals surface area contributed by atoms with Gasteiger partial charge in [0.05, 0.1) is 22.8 Å². The first-order valence-corrected chi connectivity index (χ1v) is 11.2. The van der Waals surface area contributed by atoms with Crippen LogP contribution in [0.15, 0.2) is 48.8 Å². The van der Waals surface area contributed by atoms with Gasteiger partial charge >= 0.3 is 0 Å². The van der Waals surface area contributed by atoms with Gasteiger partial charge in [-0.2, -0.15) is 5.10 Å². The lowest BCUT2D eigenvalue weighted by atomic mass is 10.1. The molecule has 4 aromatic rings. The van der Waals surface area contributed by atoms with E-state index in [1.807, 2.05) is 54.0 Å². The molecule has 3 aromatic heterocycles. The summed E-state index contributed by atoms with van der Waals surface area (Å²) in [6.45, 7) is 4.62. The second-order valence-corrected chi connectivity index (χ2v) is 8.66. The summed E-state index contributed by atoms with van der Waals surface area (Å²) >= 11 is 1.76. The van der Waals surface area contributed by atoms with Crippen LogP contribution in [0.4, 0.5) is 17.3 Å². The van der Waals surface area contributed by atoms with Gasteiger partial charge in [-0.15, -0.1) is 5.10 Å². The van der Waals surface area contributed by atoms with Gasteiger partial charge in [0.15, 0.2) is 5.82 Å².